The highest BCUT2D eigenvalue weighted by atomic mass is 19.1. The van der Waals surface area contributed by atoms with E-state index in [2.05, 4.69) is 5.32 Å². The summed E-state index contributed by atoms with van der Waals surface area (Å²) in [5, 5.41) is 2.69. The van der Waals surface area contributed by atoms with E-state index in [1.54, 1.807) is 12.1 Å². The second-order valence-corrected chi connectivity index (χ2v) is 5.90. The predicted octanol–water partition coefficient (Wildman–Crippen LogP) is 5.29. The van der Waals surface area contributed by atoms with E-state index in [0.717, 1.165) is 11.1 Å². The molecule has 3 nitrogen and oxygen atoms in total. The fourth-order valence-electron chi connectivity index (χ4n) is 2.63. The van der Waals surface area contributed by atoms with Crippen LogP contribution in [0.15, 0.2) is 78.9 Å². The summed E-state index contributed by atoms with van der Waals surface area (Å²) in [6.45, 7) is 1.87. The first-order valence-corrected chi connectivity index (χ1v) is 8.54. The van der Waals surface area contributed by atoms with Gasteiger partial charge in [-0.3, -0.25) is 4.79 Å². The highest BCUT2D eigenvalue weighted by Crippen LogP contribution is 2.23. The predicted molar refractivity (Wildman–Crippen MR) is 102 cm³/mol. The summed E-state index contributed by atoms with van der Waals surface area (Å²) in [6, 6.07) is 23.4. The lowest BCUT2D eigenvalue weighted by atomic mass is 10.1. The van der Waals surface area contributed by atoms with Gasteiger partial charge in [0.05, 0.1) is 0 Å². The van der Waals surface area contributed by atoms with Crippen molar-refractivity contribution in [3.05, 3.63) is 84.7 Å². The van der Waals surface area contributed by atoms with Crippen LogP contribution < -0.4 is 10.1 Å². The number of nitrogens with one attached hydrogen (secondary N) is 1. The second-order valence-electron chi connectivity index (χ2n) is 5.90. The fourth-order valence-corrected chi connectivity index (χ4v) is 2.63. The molecule has 26 heavy (non-hydrogen) atoms. The van der Waals surface area contributed by atoms with E-state index in [1.807, 2.05) is 61.5 Å². The van der Waals surface area contributed by atoms with Crippen LogP contribution >= 0.6 is 0 Å². The molecule has 0 fully saturated rings. The third-order valence-corrected chi connectivity index (χ3v) is 4.00. The summed E-state index contributed by atoms with van der Waals surface area (Å²) in [6.07, 6.45) is -0.150. The average molecular weight is 349 g/mol. The lowest BCUT2D eigenvalue weighted by molar-refractivity contribution is -0.122. The molecule has 0 aliphatic heterocycles. The topological polar surface area (TPSA) is 38.3 Å². The van der Waals surface area contributed by atoms with E-state index in [4.69, 9.17) is 4.74 Å². The molecule has 0 saturated heterocycles. The van der Waals surface area contributed by atoms with Crippen LogP contribution in [0.25, 0.3) is 11.1 Å². The van der Waals surface area contributed by atoms with Crippen molar-refractivity contribution in [2.45, 2.75) is 19.4 Å². The Bertz CT molecular complexity index is 863. The molecule has 0 spiro atoms. The standard InChI is InChI=1S/C22H20FNO2/c1-2-21(22(25)24-19-10-6-9-18(23)15-19)26-20-13-11-17(12-14-20)16-7-4-3-5-8-16/h3-15,21H,2H2,1H3,(H,24,25). The monoisotopic (exact) mass is 349 g/mol. The Labute approximate surface area is 152 Å². The Morgan fingerprint density at radius 2 is 1.65 bits per heavy atom. The van der Waals surface area contributed by atoms with Gasteiger partial charge in [-0.25, -0.2) is 4.39 Å². The van der Waals surface area contributed by atoms with Crippen molar-refractivity contribution in [1.29, 1.82) is 0 Å². The summed E-state index contributed by atoms with van der Waals surface area (Å²) in [4.78, 5) is 12.4. The van der Waals surface area contributed by atoms with Gasteiger partial charge in [-0.15, -0.1) is 0 Å². The van der Waals surface area contributed by atoms with Crippen LogP contribution in [0, 0.1) is 5.82 Å². The Kier molecular flexibility index (Phi) is 5.64. The summed E-state index contributed by atoms with van der Waals surface area (Å²) in [7, 11) is 0. The fraction of sp³-hybridized carbons (Fsp3) is 0.136. The van der Waals surface area contributed by atoms with Crippen LogP contribution in [0.1, 0.15) is 13.3 Å². The van der Waals surface area contributed by atoms with E-state index in [-0.39, 0.29) is 5.91 Å². The molecule has 0 heterocycles. The molecule has 0 saturated carbocycles. The number of rotatable bonds is 6. The molecule has 0 aliphatic rings. The van der Waals surface area contributed by atoms with E-state index >= 15 is 0 Å². The Morgan fingerprint density at radius 3 is 2.31 bits per heavy atom. The first-order chi connectivity index (χ1) is 12.7. The number of hydrogen-bond acceptors (Lipinski definition) is 2. The first-order valence-electron chi connectivity index (χ1n) is 8.54. The minimum Gasteiger partial charge on any atom is -0.481 e. The molecule has 1 N–H and O–H groups in total. The molecule has 0 aromatic heterocycles. The van der Waals surface area contributed by atoms with Gasteiger partial charge in [-0.1, -0.05) is 55.5 Å². The van der Waals surface area contributed by atoms with Crippen molar-refractivity contribution in [2.24, 2.45) is 0 Å². The van der Waals surface area contributed by atoms with Gasteiger partial charge in [0.15, 0.2) is 6.10 Å². The SMILES string of the molecule is CCC(Oc1ccc(-c2ccccc2)cc1)C(=O)Nc1cccc(F)c1. The van der Waals surface area contributed by atoms with E-state index < -0.39 is 11.9 Å². The molecule has 1 unspecified atom stereocenters. The molecule has 4 heteroatoms. The van der Waals surface area contributed by atoms with Crippen LogP contribution in [0.3, 0.4) is 0 Å². The normalized spacial score (nSPS) is 11.6. The summed E-state index contributed by atoms with van der Waals surface area (Å²) >= 11 is 0. The molecule has 0 bridgehead atoms. The maximum absolute atomic E-state index is 13.2. The van der Waals surface area contributed by atoms with Crippen LogP contribution in [0.2, 0.25) is 0 Å². The maximum atomic E-state index is 13.2. The summed E-state index contributed by atoms with van der Waals surface area (Å²) in [5.41, 5.74) is 2.61. The Hall–Kier alpha value is -3.14. The van der Waals surface area contributed by atoms with E-state index in [1.165, 1.54) is 12.1 Å². The quantitative estimate of drug-likeness (QED) is 0.657. The Morgan fingerprint density at radius 1 is 0.962 bits per heavy atom. The molecule has 0 radical (unpaired) electrons. The molecule has 1 amide bonds. The van der Waals surface area contributed by atoms with Crippen LogP contribution in [-0.2, 0) is 4.79 Å². The number of ether oxygens (including phenoxy) is 1. The third kappa shape index (κ3) is 4.48. The minimum atomic E-state index is -0.652. The van der Waals surface area contributed by atoms with Crippen molar-refractivity contribution < 1.29 is 13.9 Å². The lowest BCUT2D eigenvalue weighted by Gasteiger charge is -2.17. The molecular formula is C22H20FNO2. The van der Waals surface area contributed by atoms with Crippen molar-refractivity contribution in [1.82, 2.24) is 0 Å². The van der Waals surface area contributed by atoms with E-state index in [9.17, 15) is 9.18 Å². The molecule has 3 aromatic carbocycles. The zero-order valence-electron chi connectivity index (χ0n) is 14.5. The zero-order valence-corrected chi connectivity index (χ0v) is 14.5. The van der Waals surface area contributed by atoms with Gasteiger partial charge in [-0.2, -0.15) is 0 Å². The summed E-state index contributed by atoms with van der Waals surface area (Å²) in [5.74, 6) is -0.0792. The van der Waals surface area contributed by atoms with Crippen molar-refractivity contribution in [2.75, 3.05) is 5.32 Å². The van der Waals surface area contributed by atoms with Gasteiger partial charge in [0.2, 0.25) is 0 Å². The van der Waals surface area contributed by atoms with Gasteiger partial charge in [0.1, 0.15) is 11.6 Å². The number of carbonyl (C=O) groups excluding carboxylic acids is 1. The highest BCUT2D eigenvalue weighted by molar-refractivity contribution is 5.94. The molecule has 0 aliphatic carbocycles. The minimum absolute atomic E-state index is 0.301. The Balaban J connectivity index is 1.66. The molecular weight excluding hydrogens is 329 g/mol. The van der Waals surface area contributed by atoms with Gasteiger partial charge in [0.25, 0.3) is 5.91 Å². The largest absolute Gasteiger partial charge is 0.481 e. The van der Waals surface area contributed by atoms with Gasteiger partial charge >= 0.3 is 0 Å². The van der Waals surface area contributed by atoms with Gasteiger partial charge in [0, 0.05) is 5.69 Å². The first kappa shape index (κ1) is 17.7. The summed E-state index contributed by atoms with van der Waals surface area (Å²) < 4.78 is 19.1. The zero-order chi connectivity index (χ0) is 18.4. The maximum Gasteiger partial charge on any atom is 0.265 e. The number of benzene rings is 3. The highest BCUT2D eigenvalue weighted by Gasteiger charge is 2.18. The number of anilines is 1. The van der Waals surface area contributed by atoms with Crippen molar-refractivity contribution in [3.8, 4) is 16.9 Å². The molecule has 3 rings (SSSR count). The number of amides is 1. The van der Waals surface area contributed by atoms with Gasteiger partial charge in [-0.05, 0) is 47.9 Å². The second kappa shape index (κ2) is 8.30. The smallest absolute Gasteiger partial charge is 0.265 e. The van der Waals surface area contributed by atoms with Crippen LogP contribution in [0.5, 0.6) is 5.75 Å². The number of hydrogen-bond donors (Lipinski definition) is 1. The van der Waals surface area contributed by atoms with Crippen molar-refractivity contribution >= 4 is 11.6 Å². The van der Waals surface area contributed by atoms with E-state index in [0.29, 0.717) is 17.9 Å². The van der Waals surface area contributed by atoms with Crippen molar-refractivity contribution in [3.63, 3.8) is 0 Å². The third-order valence-electron chi connectivity index (χ3n) is 4.00. The molecule has 132 valence electrons. The van der Waals surface area contributed by atoms with Crippen LogP contribution in [0.4, 0.5) is 10.1 Å². The number of halogens is 1. The average Bonchev–Trinajstić information content (AvgIpc) is 2.67. The lowest BCUT2D eigenvalue weighted by Crippen LogP contribution is -2.32. The molecule has 1 atom stereocenters. The van der Waals surface area contributed by atoms with Crippen LogP contribution in [-0.4, -0.2) is 12.0 Å². The van der Waals surface area contributed by atoms with Gasteiger partial charge < -0.3 is 10.1 Å². The number of carbonyl (C=O) groups is 1. The molecule has 3 aromatic rings.